The number of aromatic nitrogens is 1. The molecule has 0 bridgehead atoms. The summed E-state index contributed by atoms with van der Waals surface area (Å²) in [7, 11) is 0. The Morgan fingerprint density at radius 3 is 2.59 bits per heavy atom. The molecule has 0 saturated heterocycles. The van der Waals surface area contributed by atoms with Gasteiger partial charge in [0, 0.05) is 24.1 Å². The highest BCUT2D eigenvalue weighted by atomic mass is 16.3. The molecule has 0 saturated carbocycles. The van der Waals surface area contributed by atoms with Crippen LogP contribution in [0, 0.1) is 5.92 Å². The van der Waals surface area contributed by atoms with Crippen LogP contribution in [0.1, 0.15) is 43.2 Å². The number of hydrogen-bond acceptors (Lipinski definition) is 2. The normalized spacial score (nSPS) is 13.9. The number of nitrogens with zero attached hydrogens (tertiary/aromatic N) is 1. The number of aliphatic hydroxyl groups excluding tert-OH is 1. The molecule has 3 rings (SSSR count). The smallest absolute Gasteiger partial charge is 0.0702 e. The predicted octanol–water partition coefficient (Wildman–Crippen LogP) is 5.92. The van der Waals surface area contributed by atoms with Crippen molar-refractivity contribution in [2.45, 2.75) is 38.5 Å². The second-order valence-corrected chi connectivity index (χ2v) is 7.19. The molecule has 2 nitrogen and oxygen atoms in total. The minimum Gasteiger partial charge on any atom is -0.396 e. The van der Waals surface area contributed by atoms with Gasteiger partial charge in [-0.05, 0) is 42.0 Å². The first-order valence-electron chi connectivity index (χ1n) is 9.98. The van der Waals surface area contributed by atoms with Crippen LogP contribution in [-0.4, -0.2) is 16.7 Å². The molecule has 2 heteroatoms. The van der Waals surface area contributed by atoms with Crippen molar-refractivity contribution >= 4 is 10.9 Å². The zero-order chi connectivity index (χ0) is 18.9. The van der Waals surface area contributed by atoms with Crippen LogP contribution in [0.2, 0.25) is 0 Å². The maximum atomic E-state index is 10.2. The second kappa shape index (κ2) is 10.0. The van der Waals surface area contributed by atoms with E-state index in [1.165, 1.54) is 24.0 Å². The molecule has 2 atom stereocenters. The van der Waals surface area contributed by atoms with Crippen molar-refractivity contribution in [3.05, 3.63) is 90.1 Å². The molecular formula is C25H29NO. The molecule has 0 amide bonds. The summed E-state index contributed by atoms with van der Waals surface area (Å²) in [4.78, 5) is 4.59. The number of pyridine rings is 1. The van der Waals surface area contributed by atoms with E-state index in [0.29, 0.717) is 0 Å². The Morgan fingerprint density at radius 1 is 1.04 bits per heavy atom. The molecule has 3 aromatic rings. The van der Waals surface area contributed by atoms with Gasteiger partial charge in [-0.15, -0.1) is 0 Å². The number of allylic oxidation sites excluding steroid dienone is 2. The van der Waals surface area contributed by atoms with Gasteiger partial charge < -0.3 is 5.11 Å². The number of unbranched alkanes of at least 4 members (excludes halogenated alkanes) is 2. The number of benzene rings is 2. The van der Waals surface area contributed by atoms with Crippen molar-refractivity contribution in [3.63, 3.8) is 0 Å². The van der Waals surface area contributed by atoms with Gasteiger partial charge in [0.2, 0.25) is 0 Å². The quantitative estimate of drug-likeness (QED) is 0.380. The Morgan fingerprint density at radius 2 is 1.81 bits per heavy atom. The molecule has 0 radical (unpaired) electrons. The number of para-hydroxylation sites is 1. The zero-order valence-electron chi connectivity index (χ0n) is 16.1. The van der Waals surface area contributed by atoms with Gasteiger partial charge in [0.15, 0.2) is 0 Å². The summed E-state index contributed by atoms with van der Waals surface area (Å²) in [6, 6.07) is 20.9. The van der Waals surface area contributed by atoms with Gasteiger partial charge in [-0.25, -0.2) is 0 Å². The van der Waals surface area contributed by atoms with Crippen molar-refractivity contribution < 1.29 is 5.11 Å². The van der Waals surface area contributed by atoms with Crippen LogP contribution in [0.15, 0.2) is 79.0 Å². The van der Waals surface area contributed by atoms with E-state index in [2.05, 4.69) is 60.5 Å². The molecule has 0 aliphatic carbocycles. The fraction of sp³-hybridized carbons (Fsp3) is 0.320. The Balaban J connectivity index is 1.84. The van der Waals surface area contributed by atoms with E-state index in [1.54, 1.807) is 0 Å². The Labute approximate surface area is 162 Å². The lowest BCUT2D eigenvalue weighted by Gasteiger charge is -2.24. The maximum absolute atomic E-state index is 10.2. The van der Waals surface area contributed by atoms with Crippen LogP contribution >= 0.6 is 0 Å². The highest BCUT2D eigenvalue weighted by molar-refractivity contribution is 5.78. The van der Waals surface area contributed by atoms with Crippen LogP contribution in [-0.2, 0) is 6.42 Å². The third-order valence-corrected chi connectivity index (χ3v) is 5.14. The Hall–Kier alpha value is -2.45. The van der Waals surface area contributed by atoms with Gasteiger partial charge in [0.1, 0.15) is 0 Å². The summed E-state index contributed by atoms with van der Waals surface area (Å²) in [5.41, 5.74) is 3.45. The first kappa shape index (κ1) is 19.3. The number of fused-ring (bicyclic) bond motifs is 1. The summed E-state index contributed by atoms with van der Waals surface area (Å²) in [6.45, 7) is 2.37. The lowest BCUT2D eigenvalue weighted by Crippen LogP contribution is -2.18. The SMILES string of the molecule is CCCC/C=C/[C@@H](c1ccccc1)[C@@H](CO)Cc1cnc2ccccc2c1. The Kier molecular flexibility index (Phi) is 7.18. The van der Waals surface area contributed by atoms with Crippen LogP contribution in [0.25, 0.3) is 10.9 Å². The van der Waals surface area contributed by atoms with Crippen molar-refractivity contribution in [1.82, 2.24) is 4.98 Å². The highest BCUT2D eigenvalue weighted by Crippen LogP contribution is 2.30. The summed E-state index contributed by atoms with van der Waals surface area (Å²) >= 11 is 0. The van der Waals surface area contributed by atoms with Crippen molar-refractivity contribution in [3.8, 4) is 0 Å². The highest BCUT2D eigenvalue weighted by Gasteiger charge is 2.21. The molecule has 140 valence electrons. The first-order valence-corrected chi connectivity index (χ1v) is 9.98. The lowest BCUT2D eigenvalue weighted by molar-refractivity contribution is 0.214. The fourth-order valence-corrected chi connectivity index (χ4v) is 3.62. The standard InChI is InChI=1S/C25H29NO/c1-2-3-4-8-14-24(21-11-6-5-7-12-21)23(19-27)17-20-16-22-13-9-10-15-25(22)26-18-20/h5-16,18,23-24,27H,2-4,17,19H2,1H3/b14-8+/t23-,24+/m1/s1. The molecule has 1 heterocycles. The lowest BCUT2D eigenvalue weighted by atomic mass is 9.82. The van der Waals surface area contributed by atoms with E-state index in [0.717, 1.165) is 23.7 Å². The topological polar surface area (TPSA) is 33.1 Å². The van der Waals surface area contributed by atoms with Gasteiger partial charge in [-0.1, -0.05) is 80.4 Å². The van der Waals surface area contributed by atoms with E-state index >= 15 is 0 Å². The minimum atomic E-state index is 0.133. The van der Waals surface area contributed by atoms with Gasteiger partial charge in [0.25, 0.3) is 0 Å². The van der Waals surface area contributed by atoms with Crippen LogP contribution in [0.4, 0.5) is 0 Å². The van der Waals surface area contributed by atoms with E-state index < -0.39 is 0 Å². The van der Waals surface area contributed by atoms with E-state index in [-0.39, 0.29) is 18.4 Å². The molecule has 27 heavy (non-hydrogen) atoms. The number of rotatable bonds is 9. The van der Waals surface area contributed by atoms with Crippen LogP contribution in [0.5, 0.6) is 0 Å². The van der Waals surface area contributed by atoms with E-state index in [9.17, 15) is 5.11 Å². The van der Waals surface area contributed by atoms with Crippen molar-refractivity contribution in [1.29, 1.82) is 0 Å². The average Bonchev–Trinajstić information content (AvgIpc) is 2.73. The summed E-state index contributed by atoms with van der Waals surface area (Å²) < 4.78 is 0. The minimum absolute atomic E-state index is 0.133. The molecule has 0 fully saturated rings. The van der Waals surface area contributed by atoms with E-state index in [4.69, 9.17) is 0 Å². The van der Waals surface area contributed by atoms with Crippen molar-refractivity contribution in [2.75, 3.05) is 6.61 Å². The van der Waals surface area contributed by atoms with E-state index in [1.807, 2.05) is 30.5 Å². The largest absolute Gasteiger partial charge is 0.396 e. The van der Waals surface area contributed by atoms with Gasteiger partial charge in [-0.2, -0.15) is 0 Å². The molecule has 0 aliphatic rings. The molecular weight excluding hydrogens is 330 g/mol. The summed E-state index contributed by atoms with van der Waals surface area (Å²) in [5.74, 6) is 0.341. The summed E-state index contributed by atoms with van der Waals surface area (Å²) in [6.07, 6.45) is 10.8. The average molecular weight is 360 g/mol. The first-order chi connectivity index (χ1) is 13.3. The fourth-order valence-electron chi connectivity index (χ4n) is 3.62. The zero-order valence-corrected chi connectivity index (χ0v) is 16.1. The van der Waals surface area contributed by atoms with Crippen LogP contribution < -0.4 is 0 Å². The van der Waals surface area contributed by atoms with Gasteiger partial charge in [0.05, 0.1) is 5.52 Å². The second-order valence-electron chi connectivity index (χ2n) is 7.19. The predicted molar refractivity (Wildman–Crippen MR) is 114 cm³/mol. The third kappa shape index (κ3) is 5.27. The van der Waals surface area contributed by atoms with Gasteiger partial charge in [-0.3, -0.25) is 4.98 Å². The molecule has 0 unspecified atom stereocenters. The summed E-state index contributed by atoms with van der Waals surface area (Å²) in [5, 5.41) is 11.3. The van der Waals surface area contributed by atoms with Crippen LogP contribution in [0.3, 0.4) is 0 Å². The van der Waals surface area contributed by atoms with Gasteiger partial charge >= 0.3 is 0 Å². The maximum Gasteiger partial charge on any atom is 0.0702 e. The monoisotopic (exact) mass is 359 g/mol. The molecule has 1 N–H and O–H groups in total. The number of aliphatic hydroxyl groups is 1. The molecule has 0 aliphatic heterocycles. The van der Waals surface area contributed by atoms with Crippen molar-refractivity contribution in [2.24, 2.45) is 5.92 Å². The molecule has 1 aromatic heterocycles. The number of hydrogen-bond donors (Lipinski definition) is 1. The third-order valence-electron chi connectivity index (χ3n) is 5.14. The molecule has 0 spiro atoms. The Bertz CT molecular complexity index is 856. The molecule has 2 aromatic carbocycles.